The molecule has 5 nitrogen and oxygen atoms in total. The van der Waals surface area contributed by atoms with Crippen molar-refractivity contribution in [1.82, 2.24) is 15.2 Å². The fourth-order valence-corrected chi connectivity index (χ4v) is 3.89. The van der Waals surface area contributed by atoms with Gasteiger partial charge >= 0.3 is 0 Å². The second kappa shape index (κ2) is 9.16. The average Bonchev–Trinajstić information content (AvgIpc) is 3.31. The third-order valence-corrected chi connectivity index (χ3v) is 5.76. The van der Waals surface area contributed by atoms with Crippen LogP contribution in [0.25, 0.3) is 27.7 Å². The summed E-state index contributed by atoms with van der Waals surface area (Å²) in [5.41, 5.74) is 8.90. The maximum Gasteiger partial charge on any atom is 0.291 e. The standard InChI is InChI=1S/C29H24N4O/c1-20-10-14-23(15-11-20)28-18-27(32-33(28)25-16-12-21(2)13-17-25)29(34)31-30-19-24-8-5-7-22-6-3-4-9-26(22)24/h3-19H,1-2H3,(H,31,34)/b30-19-. The van der Waals surface area contributed by atoms with E-state index in [2.05, 4.69) is 39.9 Å². The highest BCUT2D eigenvalue weighted by atomic mass is 16.2. The van der Waals surface area contributed by atoms with Crippen LogP contribution in [0.5, 0.6) is 0 Å². The molecule has 1 N–H and O–H groups in total. The smallest absolute Gasteiger partial charge is 0.265 e. The number of aryl methyl sites for hydroxylation is 2. The van der Waals surface area contributed by atoms with Gasteiger partial charge in [-0.1, -0.05) is 90.0 Å². The van der Waals surface area contributed by atoms with Crippen LogP contribution in [0.4, 0.5) is 0 Å². The number of carbonyl (C=O) groups excluding carboxylic acids is 1. The van der Waals surface area contributed by atoms with E-state index in [4.69, 9.17) is 0 Å². The summed E-state index contributed by atoms with van der Waals surface area (Å²) in [4.78, 5) is 12.9. The first-order valence-corrected chi connectivity index (χ1v) is 11.1. The number of hydrogen-bond acceptors (Lipinski definition) is 3. The highest BCUT2D eigenvalue weighted by Gasteiger charge is 2.16. The number of nitrogens with one attached hydrogen (secondary N) is 1. The van der Waals surface area contributed by atoms with Gasteiger partial charge in [0, 0.05) is 11.1 Å². The second-order valence-corrected chi connectivity index (χ2v) is 8.30. The fourth-order valence-electron chi connectivity index (χ4n) is 3.89. The first kappa shape index (κ1) is 21.3. The molecule has 1 amide bonds. The Labute approximate surface area is 198 Å². The SMILES string of the molecule is Cc1ccc(-c2cc(C(=O)N/N=C\c3cccc4ccccc34)nn2-c2ccc(C)cc2)cc1. The number of hydrogen-bond donors (Lipinski definition) is 1. The lowest BCUT2D eigenvalue weighted by Crippen LogP contribution is -2.18. The topological polar surface area (TPSA) is 59.3 Å². The quantitative estimate of drug-likeness (QED) is 0.264. The summed E-state index contributed by atoms with van der Waals surface area (Å²) in [6.07, 6.45) is 1.66. The van der Waals surface area contributed by atoms with Gasteiger partial charge in [0.25, 0.3) is 5.91 Å². The number of carbonyl (C=O) groups is 1. The number of amides is 1. The summed E-state index contributed by atoms with van der Waals surface area (Å²) >= 11 is 0. The molecule has 0 saturated heterocycles. The van der Waals surface area contributed by atoms with Crippen molar-refractivity contribution in [3.63, 3.8) is 0 Å². The van der Waals surface area contributed by atoms with Crippen molar-refractivity contribution < 1.29 is 4.79 Å². The Hall–Kier alpha value is -4.51. The van der Waals surface area contributed by atoms with Gasteiger partial charge in [-0.25, -0.2) is 10.1 Å². The van der Waals surface area contributed by atoms with Crippen LogP contribution < -0.4 is 5.43 Å². The number of rotatable bonds is 5. The van der Waals surface area contributed by atoms with Crippen molar-refractivity contribution in [2.75, 3.05) is 0 Å². The average molecular weight is 445 g/mol. The van der Waals surface area contributed by atoms with Crippen LogP contribution in [-0.2, 0) is 0 Å². The molecule has 0 aliphatic carbocycles. The van der Waals surface area contributed by atoms with E-state index >= 15 is 0 Å². The summed E-state index contributed by atoms with van der Waals surface area (Å²) in [5.74, 6) is -0.365. The van der Waals surface area contributed by atoms with Crippen molar-refractivity contribution in [3.8, 4) is 16.9 Å². The molecule has 1 aromatic heterocycles. The van der Waals surface area contributed by atoms with Gasteiger partial charge in [0.1, 0.15) is 0 Å². The molecule has 0 atom stereocenters. The molecular formula is C29H24N4O. The zero-order chi connectivity index (χ0) is 23.5. The third kappa shape index (κ3) is 4.36. The van der Waals surface area contributed by atoms with Crippen molar-refractivity contribution in [2.24, 2.45) is 5.10 Å². The fraction of sp³-hybridized carbons (Fsp3) is 0.0690. The lowest BCUT2D eigenvalue weighted by molar-refractivity contribution is 0.0949. The van der Waals surface area contributed by atoms with Crippen molar-refractivity contribution >= 4 is 22.9 Å². The minimum absolute atomic E-state index is 0.297. The van der Waals surface area contributed by atoms with Gasteiger partial charge in [0.05, 0.1) is 17.6 Å². The summed E-state index contributed by atoms with van der Waals surface area (Å²) in [6.45, 7) is 4.09. The highest BCUT2D eigenvalue weighted by Crippen LogP contribution is 2.25. The van der Waals surface area contributed by atoms with Gasteiger partial charge in [-0.3, -0.25) is 4.79 Å². The molecule has 5 heteroatoms. The Morgan fingerprint density at radius 3 is 2.29 bits per heavy atom. The minimum Gasteiger partial charge on any atom is -0.265 e. The van der Waals surface area contributed by atoms with E-state index in [-0.39, 0.29) is 5.91 Å². The molecule has 0 radical (unpaired) electrons. The maximum absolute atomic E-state index is 12.9. The normalized spacial score (nSPS) is 11.2. The monoisotopic (exact) mass is 444 g/mol. The molecule has 5 aromatic rings. The predicted octanol–water partition coefficient (Wildman–Crippen LogP) is 6.07. The van der Waals surface area contributed by atoms with Crippen LogP contribution in [0.15, 0.2) is 102 Å². The summed E-state index contributed by atoms with van der Waals surface area (Å²) in [7, 11) is 0. The van der Waals surface area contributed by atoms with Gasteiger partial charge in [-0.15, -0.1) is 0 Å². The number of aromatic nitrogens is 2. The number of hydrazone groups is 1. The molecule has 5 rings (SSSR count). The molecule has 34 heavy (non-hydrogen) atoms. The van der Waals surface area contributed by atoms with E-state index in [0.717, 1.165) is 38.8 Å². The van der Waals surface area contributed by atoms with Gasteiger partial charge in [0.15, 0.2) is 5.69 Å². The Bertz CT molecular complexity index is 1430. The zero-order valence-electron chi connectivity index (χ0n) is 19.1. The first-order valence-electron chi connectivity index (χ1n) is 11.1. The largest absolute Gasteiger partial charge is 0.291 e. The molecule has 1 heterocycles. The van der Waals surface area contributed by atoms with E-state index in [1.807, 2.05) is 80.6 Å². The van der Waals surface area contributed by atoms with Crippen molar-refractivity contribution in [1.29, 1.82) is 0 Å². The molecular weight excluding hydrogens is 420 g/mol. The number of benzene rings is 4. The number of fused-ring (bicyclic) bond motifs is 1. The molecule has 4 aromatic carbocycles. The summed E-state index contributed by atoms with van der Waals surface area (Å²) in [5, 5.41) is 11.0. The van der Waals surface area contributed by atoms with Gasteiger partial charge in [-0.2, -0.15) is 10.2 Å². The molecule has 0 unspecified atom stereocenters. The summed E-state index contributed by atoms with van der Waals surface area (Å²) < 4.78 is 1.80. The lowest BCUT2D eigenvalue weighted by Gasteiger charge is -2.08. The van der Waals surface area contributed by atoms with Crippen LogP contribution >= 0.6 is 0 Å². The van der Waals surface area contributed by atoms with Gasteiger partial charge < -0.3 is 0 Å². The van der Waals surface area contributed by atoms with E-state index in [9.17, 15) is 4.79 Å². The van der Waals surface area contributed by atoms with Gasteiger partial charge in [-0.05, 0) is 42.8 Å². The molecule has 0 fully saturated rings. The predicted molar refractivity (Wildman–Crippen MR) is 137 cm³/mol. The minimum atomic E-state index is -0.365. The van der Waals surface area contributed by atoms with E-state index in [1.54, 1.807) is 17.0 Å². The molecule has 0 bridgehead atoms. The van der Waals surface area contributed by atoms with Crippen LogP contribution in [0.3, 0.4) is 0 Å². The molecule has 0 aliphatic rings. The second-order valence-electron chi connectivity index (χ2n) is 8.30. The summed E-state index contributed by atoms with van der Waals surface area (Å²) in [6, 6.07) is 32.1. The van der Waals surface area contributed by atoms with Crippen LogP contribution in [0.2, 0.25) is 0 Å². The third-order valence-electron chi connectivity index (χ3n) is 5.76. The van der Waals surface area contributed by atoms with E-state index < -0.39 is 0 Å². The van der Waals surface area contributed by atoms with E-state index in [1.165, 1.54) is 5.56 Å². The molecule has 0 aliphatic heterocycles. The molecule has 0 saturated carbocycles. The number of nitrogens with zero attached hydrogens (tertiary/aromatic N) is 3. The Balaban J connectivity index is 1.45. The molecule has 0 spiro atoms. The maximum atomic E-state index is 12.9. The van der Waals surface area contributed by atoms with Crippen molar-refractivity contribution in [2.45, 2.75) is 13.8 Å². The Morgan fingerprint density at radius 2 is 1.53 bits per heavy atom. The van der Waals surface area contributed by atoms with E-state index in [0.29, 0.717) is 5.69 Å². The van der Waals surface area contributed by atoms with Crippen LogP contribution in [-0.4, -0.2) is 21.9 Å². The van der Waals surface area contributed by atoms with Crippen molar-refractivity contribution in [3.05, 3.63) is 119 Å². The first-order chi connectivity index (χ1) is 16.6. The lowest BCUT2D eigenvalue weighted by atomic mass is 10.1. The van der Waals surface area contributed by atoms with Gasteiger partial charge in [0.2, 0.25) is 0 Å². The Morgan fingerprint density at radius 1 is 0.853 bits per heavy atom. The van der Waals surface area contributed by atoms with Crippen LogP contribution in [0.1, 0.15) is 27.2 Å². The van der Waals surface area contributed by atoms with Crippen LogP contribution in [0, 0.1) is 13.8 Å². The molecule has 166 valence electrons. The Kier molecular flexibility index (Phi) is 5.75. The zero-order valence-corrected chi connectivity index (χ0v) is 19.1. The highest BCUT2D eigenvalue weighted by molar-refractivity contribution is 6.00.